The fraction of sp³-hybridized carbons (Fsp3) is 0.364. The lowest BCUT2D eigenvalue weighted by atomic mass is 10.1. The zero-order valence-electron chi connectivity index (χ0n) is 8.51. The maximum atomic E-state index is 10.6. The molecule has 0 aromatic heterocycles. The van der Waals surface area contributed by atoms with Gasteiger partial charge >= 0.3 is 0 Å². The number of halogens is 3. The number of carbonyl (C=O) groups excluding carboxylic acids is 1. The first kappa shape index (κ1) is 14.1. The van der Waals surface area contributed by atoms with Crippen LogP contribution in [0.4, 0.5) is 0 Å². The van der Waals surface area contributed by atoms with Gasteiger partial charge in [-0.1, -0.05) is 6.07 Å². The van der Waals surface area contributed by atoms with E-state index in [1.54, 1.807) is 0 Å². The quantitative estimate of drug-likeness (QED) is 0.433. The van der Waals surface area contributed by atoms with Crippen molar-refractivity contribution in [1.82, 2.24) is 0 Å². The third-order valence-corrected chi connectivity index (χ3v) is 3.13. The molecule has 0 heterocycles. The topological polar surface area (TPSA) is 26.3 Å². The van der Waals surface area contributed by atoms with Crippen LogP contribution in [0.5, 0.6) is 5.75 Å². The van der Waals surface area contributed by atoms with Gasteiger partial charge in [0.1, 0.15) is 12.4 Å². The van der Waals surface area contributed by atoms with Gasteiger partial charge in [0.25, 0.3) is 0 Å². The molecular formula is C11H11Cl2IO2. The van der Waals surface area contributed by atoms with Gasteiger partial charge in [0.05, 0.1) is 9.45 Å². The molecule has 0 spiro atoms. The summed E-state index contributed by atoms with van der Waals surface area (Å²) in [5, 5.41) is -0.308. The van der Waals surface area contributed by atoms with Gasteiger partial charge in [0.2, 0.25) is 5.24 Å². The molecule has 0 aliphatic carbocycles. The summed E-state index contributed by atoms with van der Waals surface area (Å²) < 4.78 is 6.45. The van der Waals surface area contributed by atoms with Gasteiger partial charge in [-0.05, 0) is 58.3 Å². The van der Waals surface area contributed by atoms with Crippen LogP contribution in [0.2, 0.25) is 0 Å². The van der Waals surface area contributed by atoms with Gasteiger partial charge in [-0.25, -0.2) is 0 Å². The number of hydrogen-bond donors (Lipinski definition) is 0. The first-order valence-corrected chi connectivity index (χ1v) is 6.78. The molecule has 0 aliphatic rings. The van der Waals surface area contributed by atoms with E-state index in [-0.39, 0.29) is 5.24 Å². The third kappa shape index (κ3) is 4.89. The van der Waals surface area contributed by atoms with Gasteiger partial charge in [-0.15, -0.1) is 11.6 Å². The Morgan fingerprint density at radius 2 is 2.19 bits per heavy atom. The number of aryl methyl sites for hydroxylation is 1. The molecule has 0 amide bonds. The molecule has 1 rings (SSSR count). The Balaban J connectivity index is 2.63. The summed E-state index contributed by atoms with van der Waals surface area (Å²) in [5.74, 6) is 1.29. The van der Waals surface area contributed by atoms with Crippen LogP contribution in [-0.4, -0.2) is 17.7 Å². The number of rotatable bonds is 6. The molecule has 0 fully saturated rings. The molecule has 2 nitrogen and oxygen atoms in total. The van der Waals surface area contributed by atoms with Gasteiger partial charge in [0.15, 0.2) is 0 Å². The van der Waals surface area contributed by atoms with Crippen LogP contribution in [-0.2, 0) is 11.2 Å². The number of ether oxygens (including phenoxy) is 1. The Morgan fingerprint density at radius 3 is 2.75 bits per heavy atom. The van der Waals surface area contributed by atoms with Gasteiger partial charge in [-0.2, -0.15) is 0 Å². The summed E-state index contributed by atoms with van der Waals surface area (Å²) in [7, 11) is 0. The average molecular weight is 373 g/mol. The standard InChI is InChI=1S/C11H11Cl2IO2/c12-5-6-16-10-3-1-8(7-9(10)14)2-4-11(13)15/h1,3,7H,2,4-6H2. The van der Waals surface area contributed by atoms with Crippen LogP contribution in [0.25, 0.3) is 0 Å². The highest BCUT2D eigenvalue weighted by atomic mass is 127. The molecule has 0 N–H and O–H groups in total. The van der Waals surface area contributed by atoms with E-state index in [2.05, 4.69) is 22.6 Å². The van der Waals surface area contributed by atoms with Crippen molar-refractivity contribution in [2.24, 2.45) is 0 Å². The molecule has 0 atom stereocenters. The van der Waals surface area contributed by atoms with Crippen molar-refractivity contribution in [3.05, 3.63) is 27.3 Å². The van der Waals surface area contributed by atoms with E-state index in [1.807, 2.05) is 18.2 Å². The molecule has 0 radical (unpaired) electrons. The first-order valence-electron chi connectivity index (χ1n) is 4.79. The third-order valence-electron chi connectivity index (χ3n) is 1.94. The fourth-order valence-electron chi connectivity index (χ4n) is 1.21. The number of alkyl halides is 1. The van der Waals surface area contributed by atoms with Crippen molar-refractivity contribution in [3.63, 3.8) is 0 Å². The minimum Gasteiger partial charge on any atom is -0.491 e. The summed E-state index contributed by atoms with van der Waals surface area (Å²) in [6, 6.07) is 5.82. The zero-order chi connectivity index (χ0) is 12.0. The highest BCUT2D eigenvalue weighted by Gasteiger charge is 2.04. The lowest BCUT2D eigenvalue weighted by Gasteiger charge is -2.08. The number of carbonyl (C=O) groups is 1. The molecule has 0 aliphatic heterocycles. The maximum absolute atomic E-state index is 10.6. The van der Waals surface area contributed by atoms with Crippen LogP contribution < -0.4 is 4.74 Å². The van der Waals surface area contributed by atoms with Crippen LogP contribution in [0.1, 0.15) is 12.0 Å². The molecule has 0 unspecified atom stereocenters. The van der Waals surface area contributed by atoms with Crippen molar-refractivity contribution >= 4 is 51.0 Å². The van der Waals surface area contributed by atoms with Crippen LogP contribution >= 0.6 is 45.8 Å². The molecule has 1 aromatic rings. The van der Waals surface area contributed by atoms with E-state index in [0.29, 0.717) is 25.3 Å². The smallest absolute Gasteiger partial charge is 0.221 e. The van der Waals surface area contributed by atoms with Crippen molar-refractivity contribution < 1.29 is 9.53 Å². The minimum absolute atomic E-state index is 0.308. The molecule has 5 heteroatoms. The molecule has 0 saturated heterocycles. The average Bonchev–Trinajstić information content (AvgIpc) is 2.25. The summed E-state index contributed by atoms with van der Waals surface area (Å²) in [5.41, 5.74) is 1.08. The van der Waals surface area contributed by atoms with Gasteiger partial charge in [0, 0.05) is 6.42 Å². The molecule has 88 valence electrons. The summed E-state index contributed by atoms with van der Waals surface area (Å²) in [6.07, 6.45) is 1.02. The van der Waals surface area contributed by atoms with E-state index in [9.17, 15) is 4.79 Å². The van der Waals surface area contributed by atoms with Crippen LogP contribution in [0.15, 0.2) is 18.2 Å². The predicted octanol–water partition coefficient (Wildman–Crippen LogP) is 3.61. The minimum atomic E-state index is -0.308. The van der Waals surface area contributed by atoms with Crippen molar-refractivity contribution in [2.45, 2.75) is 12.8 Å². The number of benzene rings is 1. The number of hydrogen-bond acceptors (Lipinski definition) is 2. The summed E-state index contributed by atoms with van der Waals surface area (Å²) in [6.45, 7) is 0.497. The maximum Gasteiger partial charge on any atom is 0.221 e. The second-order valence-corrected chi connectivity index (χ2v) is 5.12. The second kappa shape index (κ2) is 7.35. The van der Waals surface area contributed by atoms with E-state index >= 15 is 0 Å². The Morgan fingerprint density at radius 1 is 1.44 bits per heavy atom. The second-order valence-electron chi connectivity index (χ2n) is 3.16. The first-order chi connectivity index (χ1) is 7.63. The van der Waals surface area contributed by atoms with Crippen LogP contribution in [0.3, 0.4) is 0 Å². The summed E-state index contributed by atoms with van der Waals surface area (Å²) in [4.78, 5) is 10.6. The Labute approximate surface area is 118 Å². The zero-order valence-corrected chi connectivity index (χ0v) is 12.2. The summed E-state index contributed by atoms with van der Waals surface area (Å²) >= 11 is 13.0. The largest absolute Gasteiger partial charge is 0.491 e. The van der Waals surface area contributed by atoms with E-state index in [1.165, 1.54) is 0 Å². The molecule has 1 aromatic carbocycles. The Bertz CT molecular complexity index is 369. The fourth-order valence-corrected chi connectivity index (χ4v) is 2.12. The van der Waals surface area contributed by atoms with E-state index in [4.69, 9.17) is 27.9 Å². The van der Waals surface area contributed by atoms with E-state index in [0.717, 1.165) is 14.9 Å². The molecular weight excluding hydrogens is 362 g/mol. The van der Waals surface area contributed by atoms with E-state index < -0.39 is 0 Å². The van der Waals surface area contributed by atoms with Crippen molar-refractivity contribution in [3.8, 4) is 5.75 Å². The van der Waals surface area contributed by atoms with Crippen molar-refractivity contribution in [1.29, 1.82) is 0 Å². The monoisotopic (exact) mass is 372 g/mol. The SMILES string of the molecule is O=C(Cl)CCc1ccc(OCCCl)c(I)c1. The normalized spacial score (nSPS) is 10.2. The highest BCUT2D eigenvalue weighted by Crippen LogP contribution is 2.22. The Kier molecular flexibility index (Phi) is 6.46. The van der Waals surface area contributed by atoms with Gasteiger partial charge in [-0.3, -0.25) is 4.79 Å². The highest BCUT2D eigenvalue weighted by molar-refractivity contribution is 14.1. The lowest BCUT2D eigenvalue weighted by molar-refractivity contribution is -0.111. The van der Waals surface area contributed by atoms with Crippen molar-refractivity contribution in [2.75, 3.05) is 12.5 Å². The van der Waals surface area contributed by atoms with Crippen LogP contribution in [0, 0.1) is 3.57 Å². The van der Waals surface area contributed by atoms with Gasteiger partial charge < -0.3 is 4.74 Å². The molecule has 0 saturated carbocycles. The predicted molar refractivity (Wildman–Crippen MR) is 74.6 cm³/mol. The lowest BCUT2D eigenvalue weighted by Crippen LogP contribution is -2.00. The Hall–Kier alpha value is -0.000000000000000111. The molecule has 0 bridgehead atoms. The molecule has 16 heavy (non-hydrogen) atoms.